The van der Waals surface area contributed by atoms with Crippen LogP contribution < -0.4 is 5.14 Å². The van der Waals surface area contributed by atoms with Crippen molar-refractivity contribution in [2.24, 2.45) is 5.14 Å². The number of benzene rings is 3. The number of rotatable bonds is 3. The fraction of sp³-hybridized carbons (Fsp3) is 0.136. The Labute approximate surface area is 164 Å². The van der Waals surface area contributed by atoms with E-state index in [9.17, 15) is 13.2 Å². The van der Waals surface area contributed by atoms with Crippen molar-refractivity contribution in [2.45, 2.75) is 17.4 Å². The molecule has 28 heavy (non-hydrogen) atoms. The van der Waals surface area contributed by atoms with E-state index in [1.165, 1.54) is 29.8 Å². The molecule has 0 saturated heterocycles. The number of amides is 1. The normalized spacial score (nSPS) is 16.5. The average molecular weight is 392 g/mol. The Balaban J connectivity index is 1.66. The van der Waals surface area contributed by atoms with E-state index in [4.69, 9.17) is 5.14 Å². The molecule has 0 aromatic heterocycles. The maximum absolute atomic E-state index is 13.1. The maximum atomic E-state index is 13.1. The summed E-state index contributed by atoms with van der Waals surface area (Å²) in [6.07, 6.45) is 0. The van der Waals surface area contributed by atoms with Crippen molar-refractivity contribution in [3.63, 3.8) is 0 Å². The molecule has 1 unspecified atom stereocenters. The monoisotopic (exact) mass is 392 g/mol. The van der Waals surface area contributed by atoms with E-state index in [1.54, 1.807) is 0 Å². The van der Waals surface area contributed by atoms with Crippen LogP contribution in [0.4, 0.5) is 0 Å². The van der Waals surface area contributed by atoms with Crippen LogP contribution in [0.15, 0.2) is 83.8 Å². The van der Waals surface area contributed by atoms with Gasteiger partial charge in [0.15, 0.2) is 0 Å². The highest BCUT2D eigenvalue weighted by Crippen LogP contribution is 2.34. The SMILES string of the molecule is NS(=O)(=O)c1ccc(C(=O)N2Cc3ccccc3C(c3ccccc3)C2)cc1. The summed E-state index contributed by atoms with van der Waals surface area (Å²) in [7, 11) is -3.78. The molecule has 0 radical (unpaired) electrons. The molecular formula is C22H20N2O3S. The van der Waals surface area contributed by atoms with Gasteiger partial charge in [0.05, 0.1) is 4.90 Å². The lowest BCUT2D eigenvalue weighted by molar-refractivity contribution is 0.0725. The molecule has 1 atom stereocenters. The lowest BCUT2D eigenvalue weighted by Gasteiger charge is -2.35. The zero-order valence-electron chi connectivity index (χ0n) is 15.2. The Kier molecular flexibility index (Phi) is 4.75. The molecule has 4 rings (SSSR count). The molecule has 2 N–H and O–H groups in total. The number of hydrogen-bond donors (Lipinski definition) is 1. The standard InChI is InChI=1S/C22H20N2O3S/c23-28(26,27)19-12-10-17(11-13-19)22(25)24-14-18-8-4-5-9-20(18)21(15-24)16-6-2-1-3-7-16/h1-13,21H,14-15H2,(H2,23,26,27). The Morgan fingerprint density at radius 2 is 1.54 bits per heavy atom. The third kappa shape index (κ3) is 3.56. The smallest absolute Gasteiger partial charge is 0.254 e. The number of carbonyl (C=O) groups is 1. The van der Waals surface area contributed by atoms with Gasteiger partial charge in [-0.05, 0) is 41.0 Å². The first-order valence-electron chi connectivity index (χ1n) is 8.98. The van der Waals surface area contributed by atoms with Crippen LogP contribution in [0.5, 0.6) is 0 Å². The molecule has 142 valence electrons. The van der Waals surface area contributed by atoms with E-state index in [0.29, 0.717) is 18.7 Å². The second kappa shape index (κ2) is 7.22. The molecule has 0 aliphatic carbocycles. The van der Waals surface area contributed by atoms with Gasteiger partial charge in [-0.3, -0.25) is 4.79 Å². The van der Waals surface area contributed by atoms with Gasteiger partial charge in [0.2, 0.25) is 10.0 Å². The minimum Gasteiger partial charge on any atom is -0.333 e. The molecule has 1 heterocycles. The van der Waals surface area contributed by atoms with Gasteiger partial charge in [-0.25, -0.2) is 13.6 Å². The summed E-state index contributed by atoms with van der Waals surface area (Å²) in [5, 5.41) is 5.14. The summed E-state index contributed by atoms with van der Waals surface area (Å²) in [6.45, 7) is 1.09. The highest BCUT2D eigenvalue weighted by atomic mass is 32.2. The van der Waals surface area contributed by atoms with E-state index < -0.39 is 10.0 Å². The van der Waals surface area contributed by atoms with E-state index in [0.717, 1.165) is 11.1 Å². The van der Waals surface area contributed by atoms with E-state index >= 15 is 0 Å². The summed E-state index contributed by atoms with van der Waals surface area (Å²) in [6, 6.07) is 24.1. The molecule has 0 saturated carbocycles. The molecular weight excluding hydrogens is 372 g/mol. The van der Waals surface area contributed by atoms with Gasteiger partial charge >= 0.3 is 0 Å². The molecule has 1 aliphatic rings. The van der Waals surface area contributed by atoms with Gasteiger partial charge in [0.25, 0.3) is 5.91 Å². The van der Waals surface area contributed by atoms with Crippen molar-refractivity contribution in [1.82, 2.24) is 4.90 Å². The highest BCUT2D eigenvalue weighted by molar-refractivity contribution is 7.89. The first kappa shape index (κ1) is 18.4. The molecule has 1 aliphatic heterocycles. The topological polar surface area (TPSA) is 80.5 Å². The van der Waals surface area contributed by atoms with Gasteiger partial charge in [0.1, 0.15) is 0 Å². The summed E-state index contributed by atoms with van der Waals surface area (Å²) >= 11 is 0. The van der Waals surface area contributed by atoms with Gasteiger partial charge in [-0.1, -0.05) is 54.6 Å². The van der Waals surface area contributed by atoms with Crippen LogP contribution in [0, 0.1) is 0 Å². The van der Waals surface area contributed by atoms with Crippen molar-refractivity contribution >= 4 is 15.9 Å². The number of carbonyl (C=O) groups excluding carboxylic acids is 1. The third-order valence-corrected chi connectivity index (χ3v) is 6.04. The molecule has 6 heteroatoms. The maximum Gasteiger partial charge on any atom is 0.254 e. The summed E-state index contributed by atoms with van der Waals surface area (Å²) in [5.74, 6) is -0.0322. The number of nitrogens with zero attached hydrogens (tertiary/aromatic N) is 1. The second-order valence-corrected chi connectivity index (χ2v) is 8.48. The van der Waals surface area contributed by atoms with Crippen LogP contribution >= 0.6 is 0 Å². The third-order valence-electron chi connectivity index (χ3n) is 5.11. The van der Waals surface area contributed by atoms with E-state index in [2.05, 4.69) is 24.3 Å². The molecule has 3 aromatic carbocycles. The van der Waals surface area contributed by atoms with Crippen LogP contribution in [0.25, 0.3) is 0 Å². The van der Waals surface area contributed by atoms with Crippen molar-refractivity contribution in [3.8, 4) is 0 Å². The molecule has 0 fully saturated rings. The number of primary sulfonamides is 1. The Bertz CT molecular complexity index is 1110. The summed E-state index contributed by atoms with van der Waals surface area (Å²) < 4.78 is 22.9. The molecule has 1 amide bonds. The number of nitrogens with two attached hydrogens (primary N) is 1. The summed E-state index contributed by atoms with van der Waals surface area (Å²) in [5.41, 5.74) is 3.97. The number of hydrogen-bond acceptors (Lipinski definition) is 3. The first-order valence-corrected chi connectivity index (χ1v) is 10.5. The molecule has 5 nitrogen and oxygen atoms in total. The Morgan fingerprint density at radius 1 is 0.893 bits per heavy atom. The molecule has 3 aromatic rings. The van der Waals surface area contributed by atoms with Crippen molar-refractivity contribution < 1.29 is 13.2 Å². The number of fused-ring (bicyclic) bond motifs is 1. The first-order chi connectivity index (χ1) is 13.4. The van der Waals surface area contributed by atoms with Crippen LogP contribution in [0.3, 0.4) is 0 Å². The quantitative estimate of drug-likeness (QED) is 0.744. The van der Waals surface area contributed by atoms with Gasteiger partial charge in [0, 0.05) is 24.6 Å². The van der Waals surface area contributed by atoms with Gasteiger partial charge in [-0.2, -0.15) is 0 Å². The zero-order chi connectivity index (χ0) is 19.7. The molecule has 0 bridgehead atoms. The predicted octanol–water partition coefficient (Wildman–Crippen LogP) is 3.12. The Morgan fingerprint density at radius 3 is 2.21 bits per heavy atom. The molecule has 0 spiro atoms. The predicted molar refractivity (Wildman–Crippen MR) is 107 cm³/mol. The fourth-order valence-corrected chi connectivity index (χ4v) is 4.22. The lowest BCUT2D eigenvalue weighted by atomic mass is 9.84. The van der Waals surface area contributed by atoms with Gasteiger partial charge in [-0.15, -0.1) is 0 Å². The van der Waals surface area contributed by atoms with Crippen molar-refractivity contribution in [3.05, 3.63) is 101 Å². The highest BCUT2D eigenvalue weighted by Gasteiger charge is 2.29. The van der Waals surface area contributed by atoms with E-state index in [1.807, 2.05) is 35.2 Å². The van der Waals surface area contributed by atoms with E-state index in [-0.39, 0.29) is 16.7 Å². The van der Waals surface area contributed by atoms with Crippen molar-refractivity contribution in [1.29, 1.82) is 0 Å². The fourth-order valence-electron chi connectivity index (χ4n) is 3.70. The van der Waals surface area contributed by atoms with Crippen LogP contribution in [0.2, 0.25) is 0 Å². The van der Waals surface area contributed by atoms with Crippen molar-refractivity contribution in [2.75, 3.05) is 6.54 Å². The largest absolute Gasteiger partial charge is 0.333 e. The van der Waals surface area contributed by atoms with Crippen LogP contribution in [-0.2, 0) is 16.6 Å². The second-order valence-electron chi connectivity index (χ2n) is 6.92. The van der Waals surface area contributed by atoms with Gasteiger partial charge < -0.3 is 4.90 Å². The number of sulfonamides is 1. The minimum atomic E-state index is -3.78. The summed E-state index contributed by atoms with van der Waals surface area (Å²) in [4.78, 5) is 14.9. The lowest BCUT2D eigenvalue weighted by Crippen LogP contribution is -2.38. The average Bonchev–Trinajstić information content (AvgIpc) is 2.72. The Hall–Kier alpha value is -2.96. The zero-order valence-corrected chi connectivity index (χ0v) is 16.0. The minimum absolute atomic E-state index is 0.00444. The van der Waals surface area contributed by atoms with Crippen LogP contribution in [0.1, 0.15) is 33.0 Å². The van der Waals surface area contributed by atoms with Crippen LogP contribution in [-0.4, -0.2) is 25.8 Å².